The molecule has 1 aromatic heterocycles. The highest BCUT2D eigenvalue weighted by molar-refractivity contribution is 6.01. The van der Waals surface area contributed by atoms with Gasteiger partial charge >= 0.3 is 0 Å². The number of carbonyl (C=O) groups is 2. The Morgan fingerprint density at radius 3 is 2.46 bits per heavy atom. The van der Waals surface area contributed by atoms with E-state index in [0.717, 1.165) is 6.42 Å². The van der Waals surface area contributed by atoms with Crippen LogP contribution in [-0.2, 0) is 4.79 Å². The van der Waals surface area contributed by atoms with Crippen LogP contribution in [0.2, 0.25) is 0 Å². The third kappa shape index (κ3) is 3.63. The molecule has 1 aliphatic heterocycles. The Bertz CT molecular complexity index is 795. The number of amides is 2. The number of nitrogens with one attached hydrogen (secondary N) is 1. The second kappa shape index (κ2) is 7.47. The summed E-state index contributed by atoms with van der Waals surface area (Å²) in [4.78, 5) is 27.1. The highest BCUT2D eigenvalue weighted by Crippen LogP contribution is 2.27. The van der Waals surface area contributed by atoms with E-state index in [-0.39, 0.29) is 11.8 Å². The van der Waals surface area contributed by atoms with Crippen LogP contribution < -0.4 is 14.8 Å². The molecule has 0 spiro atoms. The minimum absolute atomic E-state index is 0.240. The molecule has 0 bridgehead atoms. The van der Waals surface area contributed by atoms with Gasteiger partial charge in [0, 0.05) is 24.2 Å². The van der Waals surface area contributed by atoms with Gasteiger partial charge in [-0.25, -0.2) is 0 Å². The summed E-state index contributed by atoms with van der Waals surface area (Å²) in [6, 6.07) is 6.04. The zero-order valence-electron chi connectivity index (χ0n) is 14.9. The highest BCUT2D eigenvalue weighted by atomic mass is 16.5. The molecule has 1 aliphatic rings. The maximum absolute atomic E-state index is 13.0. The summed E-state index contributed by atoms with van der Waals surface area (Å²) in [7, 11) is 3.05. The van der Waals surface area contributed by atoms with Gasteiger partial charge in [-0.15, -0.1) is 0 Å². The van der Waals surface area contributed by atoms with Gasteiger partial charge < -0.3 is 24.2 Å². The van der Waals surface area contributed by atoms with E-state index < -0.39 is 6.04 Å². The summed E-state index contributed by atoms with van der Waals surface area (Å²) in [5.41, 5.74) is 0.415. The molecule has 1 aromatic carbocycles. The van der Waals surface area contributed by atoms with Crippen LogP contribution in [0.4, 0.5) is 5.82 Å². The molecule has 0 aliphatic carbocycles. The summed E-state index contributed by atoms with van der Waals surface area (Å²) < 4.78 is 15.4. The van der Waals surface area contributed by atoms with Crippen LogP contribution in [0.5, 0.6) is 11.5 Å². The number of hydrogen-bond donors (Lipinski definition) is 1. The van der Waals surface area contributed by atoms with Crippen molar-refractivity contribution in [3.8, 4) is 11.5 Å². The van der Waals surface area contributed by atoms with Crippen LogP contribution in [0.1, 0.15) is 29.0 Å². The first kappa shape index (κ1) is 17.8. The summed E-state index contributed by atoms with van der Waals surface area (Å²) >= 11 is 0. The largest absolute Gasteiger partial charge is 0.497 e. The summed E-state index contributed by atoms with van der Waals surface area (Å²) in [6.45, 7) is 2.25. The zero-order valence-corrected chi connectivity index (χ0v) is 14.9. The fourth-order valence-corrected chi connectivity index (χ4v) is 3.01. The highest BCUT2D eigenvalue weighted by Gasteiger charge is 2.35. The lowest BCUT2D eigenvalue weighted by atomic mass is 10.1. The molecule has 3 rings (SSSR count). The van der Waals surface area contributed by atoms with Crippen molar-refractivity contribution in [1.29, 1.82) is 0 Å². The number of rotatable bonds is 5. The van der Waals surface area contributed by atoms with E-state index in [9.17, 15) is 9.59 Å². The molecule has 0 saturated carbocycles. The minimum Gasteiger partial charge on any atom is -0.497 e. The monoisotopic (exact) mass is 359 g/mol. The van der Waals surface area contributed by atoms with E-state index in [2.05, 4.69) is 10.5 Å². The van der Waals surface area contributed by atoms with E-state index in [0.29, 0.717) is 41.6 Å². The van der Waals surface area contributed by atoms with Gasteiger partial charge in [-0.05, 0) is 31.9 Å². The van der Waals surface area contributed by atoms with Crippen molar-refractivity contribution in [2.45, 2.75) is 25.8 Å². The molecule has 1 fully saturated rings. The number of aryl methyl sites for hydroxylation is 1. The fourth-order valence-electron chi connectivity index (χ4n) is 3.01. The lowest BCUT2D eigenvalue weighted by Crippen LogP contribution is -2.43. The average Bonchev–Trinajstić information content (AvgIpc) is 3.29. The predicted octanol–water partition coefficient (Wildman–Crippen LogP) is 2.24. The molecule has 2 amide bonds. The van der Waals surface area contributed by atoms with Crippen LogP contribution in [0, 0.1) is 6.92 Å². The topological polar surface area (TPSA) is 93.9 Å². The third-order valence-corrected chi connectivity index (χ3v) is 4.29. The first-order valence-electron chi connectivity index (χ1n) is 8.30. The summed E-state index contributed by atoms with van der Waals surface area (Å²) in [6.07, 6.45) is 1.35. The maximum Gasteiger partial charge on any atom is 0.254 e. The number of likely N-dealkylation sites (tertiary alicyclic amines) is 1. The van der Waals surface area contributed by atoms with E-state index in [1.165, 1.54) is 14.2 Å². The van der Waals surface area contributed by atoms with Crippen molar-refractivity contribution in [1.82, 2.24) is 10.1 Å². The first-order valence-corrected chi connectivity index (χ1v) is 8.30. The van der Waals surface area contributed by atoms with Gasteiger partial charge in [0.1, 0.15) is 23.3 Å². The molecule has 26 heavy (non-hydrogen) atoms. The third-order valence-electron chi connectivity index (χ3n) is 4.29. The standard InChI is InChI=1S/C18H21N3O5/c1-11-7-16(20-26-11)19-17(22)15-5-4-6-21(15)18(23)12-8-13(24-2)10-14(9-12)25-3/h7-10,15H,4-6H2,1-3H3,(H,19,20,22). The molecule has 8 heteroatoms. The van der Waals surface area contributed by atoms with Crippen molar-refractivity contribution in [2.75, 3.05) is 26.1 Å². The Labute approximate surface area is 151 Å². The molecule has 1 saturated heterocycles. The van der Waals surface area contributed by atoms with E-state index >= 15 is 0 Å². The molecule has 0 radical (unpaired) electrons. The second-order valence-corrected chi connectivity index (χ2v) is 6.07. The molecule has 1 unspecified atom stereocenters. The smallest absolute Gasteiger partial charge is 0.254 e. The molecule has 138 valence electrons. The number of anilines is 1. The van der Waals surface area contributed by atoms with Gasteiger partial charge in [0.15, 0.2) is 5.82 Å². The van der Waals surface area contributed by atoms with Gasteiger partial charge in [0.05, 0.1) is 14.2 Å². The zero-order chi connectivity index (χ0) is 18.7. The normalized spacial score (nSPS) is 16.4. The van der Waals surface area contributed by atoms with Crippen LogP contribution >= 0.6 is 0 Å². The molecular formula is C18H21N3O5. The molecule has 1 atom stereocenters. The Morgan fingerprint density at radius 1 is 1.19 bits per heavy atom. The van der Waals surface area contributed by atoms with Crippen molar-refractivity contribution < 1.29 is 23.6 Å². The molecule has 2 heterocycles. The fraction of sp³-hybridized carbons (Fsp3) is 0.389. The maximum atomic E-state index is 13.0. The van der Waals surface area contributed by atoms with Crippen LogP contribution in [0.25, 0.3) is 0 Å². The summed E-state index contributed by atoms with van der Waals surface area (Å²) in [5.74, 6) is 1.46. The average molecular weight is 359 g/mol. The first-order chi connectivity index (χ1) is 12.5. The Kier molecular flexibility index (Phi) is 5.11. The van der Waals surface area contributed by atoms with Gasteiger partial charge in [-0.3, -0.25) is 9.59 Å². The molecule has 8 nitrogen and oxygen atoms in total. The Hall–Kier alpha value is -3.03. The van der Waals surface area contributed by atoms with Gasteiger partial charge in [-0.1, -0.05) is 5.16 Å². The number of hydrogen-bond acceptors (Lipinski definition) is 6. The Morgan fingerprint density at radius 2 is 1.88 bits per heavy atom. The van der Waals surface area contributed by atoms with Crippen LogP contribution in [0.3, 0.4) is 0 Å². The number of methoxy groups -OCH3 is 2. The van der Waals surface area contributed by atoms with Gasteiger partial charge in [-0.2, -0.15) is 0 Å². The molecular weight excluding hydrogens is 338 g/mol. The van der Waals surface area contributed by atoms with E-state index in [4.69, 9.17) is 14.0 Å². The number of ether oxygens (including phenoxy) is 2. The predicted molar refractivity (Wildman–Crippen MR) is 93.5 cm³/mol. The number of aromatic nitrogens is 1. The van der Waals surface area contributed by atoms with Gasteiger partial charge in [0.2, 0.25) is 5.91 Å². The van der Waals surface area contributed by atoms with E-state index in [1.807, 2.05) is 0 Å². The van der Waals surface area contributed by atoms with Crippen molar-refractivity contribution in [3.05, 3.63) is 35.6 Å². The number of nitrogens with zero attached hydrogens (tertiary/aromatic N) is 2. The van der Waals surface area contributed by atoms with Crippen molar-refractivity contribution in [2.24, 2.45) is 0 Å². The molecule has 1 N–H and O–H groups in total. The van der Waals surface area contributed by atoms with Gasteiger partial charge in [0.25, 0.3) is 5.91 Å². The second-order valence-electron chi connectivity index (χ2n) is 6.07. The minimum atomic E-state index is -0.559. The SMILES string of the molecule is COc1cc(OC)cc(C(=O)N2CCCC2C(=O)Nc2cc(C)on2)c1. The van der Waals surface area contributed by atoms with Crippen molar-refractivity contribution >= 4 is 17.6 Å². The quantitative estimate of drug-likeness (QED) is 0.880. The number of carbonyl (C=O) groups excluding carboxylic acids is 2. The van der Waals surface area contributed by atoms with Crippen LogP contribution in [-0.4, -0.2) is 48.7 Å². The van der Waals surface area contributed by atoms with Crippen molar-refractivity contribution in [3.63, 3.8) is 0 Å². The van der Waals surface area contributed by atoms with Crippen LogP contribution in [0.15, 0.2) is 28.8 Å². The van der Waals surface area contributed by atoms with E-state index in [1.54, 1.807) is 36.1 Å². The number of benzene rings is 1. The lowest BCUT2D eigenvalue weighted by molar-refractivity contribution is -0.119. The lowest BCUT2D eigenvalue weighted by Gasteiger charge is -2.24. The molecule has 2 aromatic rings. The summed E-state index contributed by atoms with van der Waals surface area (Å²) in [5, 5.41) is 6.46. The Balaban J connectivity index is 1.79.